The van der Waals surface area contributed by atoms with Crippen LogP contribution in [0.3, 0.4) is 0 Å². The molecule has 0 spiro atoms. The molecule has 0 saturated carbocycles. The van der Waals surface area contributed by atoms with Gasteiger partial charge in [-0.2, -0.15) is 5.26 Å². The Bertz CT molecular complexity index is 416. The molecule has 1 aromatic rings. The molecule has 0 heterocycles. The zero-order chi connectivity index (χ0) is 12.1. The van der Waals surface area contributed by atoms with Gasteiger partial charge in [0.2, 0.25) is 0 Å². The molecule has 17 heavy (non-hydrogen) atoms. The molecular weight excluding hydrogens is 240 g/mol. The zero-order valence-electron chi connectivity index (χ0n) is 9.93. The lowest BCUT2D eigenvalue weighted by molar-refractivity contribution is 0.367. The van der Waals surface area contributed by atoms with Gasteiger partial charge in [-0.25, -0.2) is 0 Å². The summed E-state index contributed by atoms with van der Waals surface area (Å²) in [5, 5.41) is 18.9. The molecule has 1 aromatic carbocycles. The summed E-state index contributed by atoms with van der Waals surface area (Å²) in [4.78, 5) is 0. The highest BCUT2D eigenvalue weighted by molar-refractivity contribution is 5.85. The first-order chi connectivity index (χ1) is 7.65. The third kappa shape index (κ3) is 3.26. The molecule has 0 radical (unpaired) electrons. The lowest BCUT2D eigenvalue weighted by atomic mass is 9.97. The molecule has 5 heteroatoms. The number of rotatable bonds is 4. The Morgan fingerprint density at radius 1 is 1.53 bits per heavy atom. The molecule has 0 unspecified atom stereocenters. The summed E-state index contributed by atoms with van der Waals surface area (Å²) in [6, 6.07) is 4.87. The van der Waals surface area contributed by atoms with Crippen LogP contribution in [0, 0.1) is 11.3 Å². The second-order valence-corrected chi connectivity index (χ2v) is 3.58. The molecule has 0 aliphatic heterocycles. The van der Waals surface area contributed by atoms with Crippen molar-refractivity contribution in [1.29, 1.82) is 5.26 Å². The van der Waals surface area contributed by atoms with Crippen LogP contribution >= 0.6 is 12.4 Å². The molecule has 1 rings (SSSR count). The van der Waals surface area contributed by atoms with Gasteiger partial charge in [0.25, 0.3) is 0 Å². The van der Waals surface area contributed by atoms with Crippen LogP contribution in [0.5, 0.6) is 11.5 Å². The fourth-order valence-corrected chi connectivity index (χ4v) is 1.68. The van der Waals surface area contributed by atoms with Crippen LogP contribution in [-0.4, -0.2) is 12.2 Å². The Morgan fingerprint density at radius 3 is 2.65 bits per heavy atom. The quantitative estimate of drug-likeness (QED) is 0.867. The second kappa shape index (κ2) is 7.00. The second-order valence-electron chi connectivity index (χ2n) is 3.58. The molecular formula is C12H17ClN2O2. The van der Waals surface area contributed by atoms with Gasteiger partial charge in [-0.3, -0.25) is 0 Å². The van der Waals surface area contributed by atoms with E-state index in [1.807, 2.05) is 13.0 Å². The summed E-state index contributed by atoms with van der Waals surface area (Å²) in [6.07, 6.45) is 1.61. The van der Waals surface area contributed by atoms with Crippen molar-refractivity contribution < 1.29 is 9.84 Å². The summed E-state index contributed by atoms with van der Waals surface area (Å²) in [5.41, 5.74) is 6.82. The van der Waals surface area contributed by atoms with Gasteiger partial charge in [-0.15, -0.1) is 12.4 Å². The minimum atomic E-state index is -0.338. The van der Waals surface area contributed by atoms with E-state index in [0.717, 1.165) is 12.8 Å². The standard InChI is InChI=1S/C12H16N2O2.ClH/c1-3-4-9(14)11-8(7-13)5-6-10(16-2)12(11)15;/h5-6,9,15H,3-4,14H2,1-2H3;1H/t9-;/m0./s1. The van der Waals surface area contributed by atoms with E-state index in [4.69, 9.17) is 15.7 Å². The van der Waals surface area contributed by atoms with Gasteiger partial charge in [0.15, 0.2) is 11.5 Å². The van der Waals surface area contributed by atoms with Crippen LogP contribution in [-0.2, 0) is 0 Å². The predicted molar refractivity (Wildman–Crippen MR) is 68.5 cm³/mol. The molecule has 4 nitrogen and oxygen atoms in total. The maximum Gasteiger partial charge on any atom is 0.163 e. The van der Waals surface area contributed by atoms with E-state index in [9.17, 15) is 5.11 Å². The number of nitriles is 1. The Hall–Kier alpha value is -1.44. The third-order valence-corrected chi connectivity index (χ3v) is 2.49. The van der Waals surface area contributed by atoms with E-state index in [1.54, 1.807) is 12.1 Å². The summed E-state index contributed by atoms with van der Waals surface area (Å²) >= 11 is 0. The van der Waals surface area contributed by atoms with Crippen molar-refractivity contribution in [3.63, 3.8) is 0 Å². The van der Waals surface area contributed by atoms with E-state index in [1.165, 1.54) is 7.11 Å². The Labute approximate surface area is 107 Å². The van der Waals surface area contributed by atoms with Crippen molar-refractivity contribution in [2.24, 2.45) is 5.73 Å². The average Bonchev–Trinajstić information content (AvgIpc) is 2.28. The van der Waals surface area contributed by atoms with Gasteiger partial charge in [0, 0.05) is 11.6 Å². The lowest BCUT2D eigenvalue weighted by Gasteiger charge is -2.16. The van der Waals surface area contributed by atoms with Gasteiger partial charge >= 0.3 is 0 Å². The fraction of sp³-hybridized carbons (Fsp3) is 0.417. The number of hydrogen-bond acceptors (Lipinski definition) is 4. The van der Waals surface area contributed by atoms with Crippen LogP contribution < -0.4 is 10.5 Å². The van der Waals surface area contributed by atoms with E-state index < -0.39 is 0 Å². The lowest BCUT2D eigenvalue weighted by Crippen LogP contribution is -2.12. The van der Waals surface area contributed by atoms with Gasteiger partial charge in [0.05, 0.1) is 18.7 Å². The average molecular weight is 257 g/mol. The highest BCUT2D eigenvalue weighted by atomic mass is 35.5. The zero-order valence-corrected chi connectivity index (χ0v) is 10.8. The predicted octanol–water partition coefficient (Wildman–Crippen LogP) is 2.49. The van der Waals surface area contributed by atoms with E-state index >= 15 is 0 Å². The molecule has 94 valence electrons. The summed E-state index contributed by atoms with van der Waals surface area (Å²) < 4.78 is 5.00. The number of benzene rings is 1. The number of ether oxygens (including phenoxy) is 1. The maximum atomic E-state index is 9.94. The summed E-state index contributed by atoms with van der Waals surface area (Å²) in [6.45, 7) is 2.00. The van der Waals surface area contributed by atoms with Crippen LogP contribution in [0.15, 0.2) is 12.1 Å². The van der Waals surface area contributed by atoms with Gasteiger partial charge in [0.1, 0.15) is 0 Å². The third-order valence-electron chi connectivity index (χ3n) is 2.49. The minimum Gasteiger partial charge on any atom is -0.504 e. The smallest absolute Gasteiger partial charge is 0.163 e. The van der Waals surface area contributed by atoms with Crippen molar-refractivity contribution in [1.82, 2.24) is 0 Å². The minimum absolute atomic E-state index is 0. The maximum absolute atomic E-state index is 9.94. The van der Waals surface area contributed by atoms with Gasteiger partial charge in [-0.05, 0) is 18.6 Å². The van der Waals surface area contributed by atoms with Crippen LogP contribution in [0.2, 0.25) is 0 Å². The largest absolute Gasteiger partial charge is 0.504 e. The Kier molecular flexibility index (Phi) is 6.40. The number of phenols is 1. The fourth-order valence-electron chi connectivity index (χ4n) is 1.68. The number of phenolic OH excluding ortho intramolecular Hbond substituents is 1. The van der Waals surface area contributed by atoms with Gasteiger partial charge < -0.3 is 15.6 Å². The molecule has 0 aliphatic rings. The number of hydrogen-bond donors (Lipinski definition) is 2. The first-order valence-corrected chi connectivity index (χ1v) is 5.21. The van der Waals surface area contributed by atoms with Crippen molar-refractivity contribution in [2.75, 3.05) is 7.11 Å². The van der Waals surface area contributed by atoms with Crippen LogP contribution in [0.25, 0.3) is 0 Å². The molecule has 1 atom stereocenters. The molecule has 0 aliphatic carbocycles. The van der Waals surface area contributed by atoms with Crippen molar-refractivity contribution in [2.45, 2.75) is 25.8 Å². The molecule has 0 bridgehead atoms. The van der Waals surface area contributed by atoms with Crippen LogP contribution in [0.4, 0.5) is 0 Å². The van der Waals surface area contributed by atoms with Crippen molar-refractivity contribution >= 4 is 12.4 Å². The normalized spacial score (nSPS) is 11.2. The van der Waals surface area contributed by atoms with E-state index in [2.05, 4.69) is 0 Å². The van der Waals surface area contributed by atoms with Crippen LogP contribution in [0.1, 0.15) is 36.9 Å². The highest BCUT2D eigenvalue weighted by Gasteiger charge is 2.18. The Balaban J connectivity index is 0.00000256. The van der Waals surface area contributed by atoms with Crippen molar-refractivity contribution in [3.05, 3.63) is 23.3 Å². The van der Waals surface area contributed by atoms with Gasteiger partial charge in [-0.1, -0.05) is 13.3 Å². The first-order valence-electron chi connectivity index (χ1n) is 5.21. The van der Waals surface area contributed by atoms with E-state index in [-0.39, 0.29) is 24.2 Å². The number of aromatic hydroxyl groups is 1. The summed E-state index contributed by atoms with van der Waals surface area (Å²) in [7, 11) is 1.47. The monoisotopic (exact) mass is 256 g/mol. The molecule has 0 fully saturated rings. The first kappa shape index (κ1) is 15.6. The number of nitrogens with two attached hydrogens (primary N) is 1. The number of halogens is 1. The molecule has 3 N–H and O–H groups in total. The number of methoxy groups -OCH3 is 1. The van der Waals surface area contributed by atoms with E-state index in [0.29, 0.717) is 16.9 Å². The molecule has 0 aromatic heterocycles. The topological polar surface area (TPSA) is 79.3 Å². The highest BCUT2D eigenvalue weighted by Crippen LogP contribution is 2.36. The Morgan fingerprint density at radius 2 is 2.18 bits per heavy atom. The molecule has 0 amide bonds. The number of nitrogens with zero attached hydrogens (tertiary/aromatic N) is 1. The van der Waals surface area contributed by atoms with Crippen molar-refractivity contribution in [3.8, 4) is 17.6 Å². The molecule has 0 saturated heterocycles. The SMILES string of the molecule is CCC[C@H](N)c1c(C#N)ccc(OC)c1O.Cl. The summed E-state index contributed by atoms with van der Waals surface area (Å²) in [5.74, 6) is 0.322.